The van der Waals surface area contributed by atoms with Gasteiger partial charge in [0.15, 0.2) is 0 Å². The highest BCUT2D eigenvalue weighted by atomic mass is 32.1. The fourth-order valence-corrected chi connectivity index (χ4v) is 4.30. The summed E-state index contributed by atoms with van der Waals surface area (Å²) >= 11 is 1.17. The van der Waals surface area contributed by atoms with Crippen LogP contribution in [0.5, 0.6) is 11.5 Å². The second kappa shape index (κ2) is 9.41. The van der Waals surface area contributed by atoms with E-state index in [2.05, 4.69) is 17.1 Å². The van der Waals surface area contributed by atoms with Crippen molar-refractivity contribution in [3.63, 3.8) is 0 Å². The van der Waals surface area contributed by atoms with Crippen molar-refractivity contribution < 1.29 is 24.5 Å². The van der Waals surface area contributed by atoms with Gasteiger partial charge in [0.1, 0.15) is 22.3 Å². The van der Waals surface area contributed by atoms with Gasteiger partial charge in [-0.15, -0.1) is 10.2 Å². The molecule has 0 aliphatic carbocycles. The van der Waals surface area contributed by atoms with E-state index in [-0.39, 0.29) is 22.2 Å². The third-order valence-corrected chi connectivity index (χ3v) is 6.11. The second-order valence-corrected chi connectivity index (χ2v) is 8.75. The molecule has 3 aromatic rings. The van der Waals surface area contributed by atoms with Gasteiger partial charge in [-0.25, -0.2) is 0 Å². The number of aromatic nitrogens is 2. The van der Waals surface area contributed by atoms with Crippen LogP contribution in [-0.4, -0.2) is 38.7 Å². The highest BCUT2D eigenvalue weighted by Gasteiger charge is 2.48. The van der Waals surface area contributed by atoms with Crippen LogP contribution in [0.4, 0.5) is 5.13 Å². The molecule has 0 bridgehead atoms. The molecule has 2 N–H and O–H groups in total. The number of anilines is 1. The van der Waals surface area contributed by atoms with E-state index in [4.69, 9.17) is 4.74 Å². The van der Waals surface area contributed by atoms with Crippen molar-refractivity contribution >= 4 is 33.9 Å². The van der Waals surface area contributed by atoms with Crippen molar-refractivity contribution in [1.82, 2.24) is 10.2 Å². The minimum atomic E-state index is -0.918. The number of hydrogen-bond acceptors (Lipinski definition) is 8. The van der Waals surface area contributed by atoms with Gasteiger partial charge in [-0.2, -0.15) is 0 Å². The van der Waals surface area contributed by atoms with Crippen LogP contribution in [0.2, 0.25) is 0 Å². The molecule has 2 heterocycles. The average molecular weight is 466 g/mol. The van der Waals surface area contributed by atoms with Crippen LogP contribution in [0.3, 0.4) is 0 Å². The van der Waals surface area contributed by atoms with E-state index in [0.29, 0.717) is 28.5 Å². The molecule has 9 heteroatoms. The fourth-order valence-electron chi connectivity index (χ4n) is 3.58. The molecule has 1 atom stereocenters. The Kier molecular flexibility index (Phi) is 6.41. The van der Waals surface area contributed by atoms with Crippen molar-refractivity contribution in [2.45, 2.75) is 32.7 Å². The normalized spacial score (nSPS) is 17.5. The van der Waals surface area contributed by atoms with E-state index in [1.54, 1.807) is 43.3 Å². The van der Waals surface area contributed by atoms with Crippen LogP contribution in [0.1, 0.15) is 41.9 Å². The molecule has 2 aromatic carbocycles. The minimum Gasteiger partial charge on any atom is -0.508 e. The number of hydrogen-bond donors (Lipinski definition) is 2. The van der Waals surface area contributed by atoms with Gasteiger partial charge in [0.25, 0.3) is 5.78 Å². The standard InChI is InChI=1S/C24H23N3O5S/c1-3-4-13-32-18-11-7-16(8-12-18)21(29)19-20(15-5-9-17(28)10-6-15)27(23(31)22(19)30)24-26-25-14(2)33-24/h5-12,20,28-29H,3-4,13H2,1-2H3/b21-19-. The molecule has 170 valence electrons. The van der Waals surface area contributed by atoms with Crippen molar-refractivity contribution in [2.75, 3.05) is 11.5 Å². The molecule has 0 radical (unpaired) electrons. The predicted octanol–water partition coefficient (Wildman–Crippen LogP) is 4.36. The third-order valence-electron chi connectivity index (χ3n) is 5.27. The van der Waals surface area contributed by atoms with E-state index in [9.17, 15) is 19.8 Å². The molecule has 1 fully saturated rings. The quantitative estimate of drug-likeness (QED) is 0.231. The Bertz CT molecular complexity index is 1200. The third kappa shape index (κ3) is 4.45. The Morgan fingerprint density at radius 2 is 1.79 bits per heavy atom. The number of phenolic OH excluding ortho intramolecular Hbond substituents is 1. The zero-order valence-electron chi connectivity index (χ0n) is 18.2. The Balaban J connectivity index is 1.78. The predicted molar refractivity (Wildman–Crippen MR) is 124 cm³/mol. The van der Waals surface area contributed by atoms with Gasteiger partial charge in [0.05, 0.1) is 18.2 Å². The summed E-state index contributed by atoms with van der Waals surface area (Å²) in [5.74, 6) is -1.22. The number of aromatic hydroxyl groups is 1. The monoisotopic (exact) mass is 465 g/mol. The van der Waals surface area contributed by atoms with E-state index >= 15 is 0 Å². The lowest BCUT2D eigenvalue weighted by molar-refractivity contribution is -0.132. The van der Waals surface area contributed by atoms with Crippen molar-refractivity contribution in [2.24, 2.45) is 0 Å². The number of carbonyl (C=O) groups is 2. The number of aliphatic hydroxyl groups is 1. The molecule has 1 aliphatic rings. The van der Waals surface area contributed by atoms with Gasteiger partial charge in [-0.1, -0.05) is 36.8 Å². The first-order valence-corrected chi connectivity index (χ1v) is 11.4. The SMILES string of the molecule is CCCCOc1ccc(/C(O)=C2/C(=O)C(=O)N(c3nnc(C)s3)C2c2ccc(O)cc2)cc1. The molecule has 1 aromatic heterocycles. The molecule has 4 rings (SSSR count). The topological polar surface area (TPSA) is 113 Å². The van der Waals surface area contributed by atoms with Gasteiger partial charge in [-0.05, 0) is 55.3 Å². The minimum absolute atomic E-state index is 0.0427. The average Bonchev–Trinajstić information content (AvgIpc) is 3.35. The number of phenols is 1. The van der Waals surface area contributed by atoms with Gasteiger partial charge < -0.3 is 14.9 Å². The molecule has 1 saturated heterocycles. The lowest BCUT2D eigenvalue weighted by Crippen LogP contribution is -2.29. The first kappa shape index (κ1) is 22.5. The molecule has 33 heavy (non-hydrogen) atoms. The van der Waals surface area contributed by atoms with Crippen molar-refractivity contribution in [3.05, 3.63) is 70.2 Å². The number of carbonyl (C=O) groups excluding carboxylic acids is 2. The number of unbranched alkanes of at least 4 members (excludes halogenated alkanes) is 1. The van der Waals surface area contributed by atoms with E-state index < -0.39 is 17.7 Å². The number of ketones is 1. The van der Waals surface area contributed by atoms with Crippen molar-refractivity contribution in [1.29, 1.82) is 0 Å². The lowest BCUT2D eigenvalue weighted by atomic mass is 9.95. The summed E-state index contributed by atoms with van der Waals surface area (Å²) in [5.41, 5.74) is 0.868. The summed E-state index contributed by atoms with van der Waals surface area (Å²) in [6, 6.07) is 11.9. The molecular formula is C24H23N3O5S. The number of amides is 1. The zero-order valence-corrected chi connectivity index (χ0v) is 19.0. The summed E-state index contributed by atoms with van der Waals surface area (Å²) in [5, 5.41) is 29.7. The molecule has 0 spiro atoms. The Labute approximate surface area is 194 Å². The Morgan fingerprint density at radius 3 is 2.39 bits per heavy atom. The summed E-state index contributed by atoms with van der Waals surface area (Å²) in [6.07, 6.45) is 1.95. The molecule has 8 nitrogen and oxygen atoms in total. The van der Waals surface area contributed by atoms with E-state index in [1.165, 1.54) is 28.4 Å². The van der Waals surface area contributed by atoms with Crippen molar-refractivity contribution in [3.8, 4) is 11.5 Å². The van der Waals surface area contributed by atoms with Gasteiger partial charge in [0, 0.05) is 5.56 Å². The molecule has 1 unspecified atom stereocenters. The highest BCUT2D eigenvalue weighted by Crippen LogP contribution is 2.43. The molecule has 1 amide bonds. The number of ether oxygens (including phenoxy) is 1. The maximum Gasteiger partial charge on any atom is 0.301 e. The molecular weight excluding hydrogens is 442 g/mol. The number of Topliss-reactive ketones (excluding diaryl/α,β-unsaturated/α-hetero) is 1. The fraction of sp³-hybridized carbons (Fsp3) is 0.250. The molecule has 0 saturated carbocycles. The van der Waals surface area contributed by atoms with Gasteiger partial charge in [0.2, 0.25) is 5.13 Å². The summed E-state index contributed by atoms with van der Waals surface area (Å²) in [4.78, 5) is 27.3. The first-order chi connectivity index (χ1) is 15.9. The van der Waals surface area contributed by atoms with Crippen LogP contribution >= 0.6 is 11.3 Å². The van der Waals surface area contributed by atoms with E-state index in [0.717, 1.165) is 12.8 Å². The van der Waals surface area contributed by atoms with Gasteiger partial charge in [-0.3, -0.25) is 14.5 Å². The first-order valence-electron chi connectivity index (χ1n) is 10.5. The zero-order chi connectivity index (χ0) is 23.5. The largest absolute Gasteiger partial charge is 0.508 e. The van der Waals surface area contributed by atoms with E-state index in [1.807, 2.05) is 0 Å². The Morgan fingerprint density at radius 1 is 1.09 bits per heavy atom. The van der Waals surface area contributed by atoms with Crippen LogP contribution < -0.4 is 9.64 Å². The summed E-state index contributed by atoms with van der Waals surface area (Å²) in [7, 11) is 0. The maximum absolute atomic E-state index is 13.1. The number of nitrogens with zero attached hydrogens (tertiary/aromatic N) is 3. The smallest absolute Gasteiger partial charge is 0.301 e. The molecule has 1 aliphatic heterocycles. The van der Waals surface area contributed by atoms with Gasteiger partial charge >= 0.3 is 5.91 Å². The highest BCUT2D eigenvalue weighted by molar-refractivity contribution is 7.15. The number of benzene rings is 2. The van der Waals surface area contributed by atoms with Crippen LogP contribution in [-0.2, 0) is 9.59 Å². The van der Waals surface area contributed by atoms with Crippen LogP contribution in [0.15, 0.2) is 54.1 Å². The summed E-state index contributed by atoms with van der Waals surface area (Å²) < 4.78 is 5.66. The number of aryl methyl sites for hydroxylation is 1. The summed E-state index contributed by atoms with van der Waals surface area (Å²) in [6.45, 7) is 4.42. The second-order valence-electron chi connectivity index (χ2n) is 7.59. The lowest BCUT2D eigenvalue weighted by Gasteiger charge is -2.22. The van der Waals surface area contributed by atoms with Crippen LogP contribution in [0.25, 0.3) is 5.76 Å². The number of aliphatic hydroxyl groups excluding tert-OH is 1. The maximum atomic E-state index is 13.1. The Hall–Kier alpha value is -3.72. The number of rotatable bonds is 7. The van der Waals surface area contributed by atoms with Crippen LogP contribution in [0, 0.1) is 6.92 Å².